The second-order valence-corrected chi connectivity index (χ2v) is 15.0. The van der Waals surface area contributed by atoms with Crippen LogP contribution in [0.15, 0.2) is 65.6 Å². The van der Waals surface area contributed by atoms with Crippen molar-refractivity contribution in [2.45, 2.75) is 74.0 Å². The van der Waals surface area contributed by atoms with Gasteiger partial charge in [0.1, 0.15) is 11.8 Å². The summed E-state index contributed by atoms with van der Waals surface area (Å²) in [6.45, 7) is 0.278. The lowest BCUT2D eigenvalue weighted by atomic mass is 10.0. The summed E-state index contributed by atoms with van der Waals surface area (Å²) in [5, 5.41) is 8.64. The smallest absolute Gasteiger partial charge is 0.490 e. The van der Waals surface area contributed by atoms with Crippen molar-refractivity contribution in [3.8, 4) is 5.75 Å². The summed E-state index contributed by atoms with van der Waals surface area (Å²) < 4.78 is 107. The SMILES string of the molecule is NC1CCN(C(=O)C2CN(C(=O)c3ccc(C(F)(F)F)cc3)CCN2S(=O)(=O)c2ccc3cc(OC4CCCC4)ccc3c2)CC1.O=C(O)C(F)(F)F. The number of carboxylic acid groups (broad SMARTS) is 1. The predicted octanol–water partition coefficient (Wildman–Crippen LogP) is 5.28. The molecule has 3 aromatic carbocycles. The minimum absolute atomic E-state index is 0.0188. The Morgan fingerprint density at radius 3 is 1.94 bits per heavy atom. The highest BCUT2D eigenvalue weighted by atomic mass is 32.2. The fourth-order valence-electron chi connectivity index (χ4n) is 6.52. The lowest BCUT2D eigenvalue weighted by Crippen LogP contribution is -2.62. The zero-order valence-corrected chi connectivity index (χ0v) is 29.1. The molecule has 1 unspecified atom stereocenters. The molecule has 0 aromatic heterocycles. The van der Waals surface area contributed by atoms with E-state index in [-0.39, 0.29) is 42.2 Å². The molecule has 2 saturated heterocycles. The van der Waals surface area contributed by atoms with Crippen molar-refractivity contribution >= 4 is 38.6 Å². The third-order valence-electron chi connectivity index (χ3n) is 9.45. The van der Waals surface area contributed by atoms with Gasteiger partial charge >= 0.3 is 18.3 Å². The Hall–Kier alpha value is -4.42. The number of nitrogens with two attached hydrogens (primary N) is 1. The Kier molecular flexibility index (Phi) is 11.9. The van der Waals surface area contributed by atoms with E-state index in [1.54, 1.807) is 17.0 Å². The fraction of sp³-hybridized carbons (Fsp3) is 0.457. The Labute approximate surface area is 301 Å². The molecule has 1 aliphatic carbocycles. The molecule has 2 heterocycles. The molecule has 3 N–H and O–H groups in total. The van der Waals surface area contributed by atoms with E-state index < -0.39 is 51.8 Å². The van der Waals surface area contributed by atoms with Gasteiger partial charge in [-0.05, 0) is 97.8 Å². The number of piperidine rings is 1. The quantitative estimate of drug-likeness (QED) is 0.322. The Morgan fingerprint density at radius 1 is 0.774 bits per heavy atom. The van der Waals surface area contributed by atoms with E-state index in [2.05, 4.69) is 0 Å². The van der Waals surface area contributed by atoms with Gasteiger partial charge in [-0.2, -0.15) is 30.6 Å². The highest BCUT2D eigenvalue weighted by molar-refractivity contribution is 7.89. The summed E-state index contributed by atoms with van der Waals surface area (Å²) in [5.41, 5.74) is 5.17. The summed E-state index contributed by atoms with van der Waals surface area (Å²) in [6.07, 6.45) is -3.99. The molecule has 6 rings (SSSR count). The van der Waals surface area contributed by atoms with E-state index in [4.69, 9.17) is 20.4 Å². The number of carbonyl (C=O) groups excluding carboxylic acids is 2. The molecule has 0 radical (unpaired) electrons. The number of rotatable bonds is 6. The summed E-state index contributed by atoms with van der Waals surface area (Å²) >= 11 is 0. The van der Waals surface area contributed by atoms with Crippen molar-refractivity contribution in [1.82, 2.24) is 14.1 Å². The van der Waals surface area contributed by atoms with E-state index in [9.17, 15) is 44.3 Å². The van der Waals surface area contributed by atoms with Crippen LogP contribution in [0.25, 0.3) is 10.8 Å². The van der Waals surface area contributed by atoms with E-state index in [1.807, 2.05) is 18.2 Å². The average molecular weight is 773 g/mol. The number of hydrogen-bond acceptors (Lipinski definition) is 7. The number of amides is 2. The summed E-state index contributed by atoms with van der Waals surface area (Å²) in [7, 11) is -4.19. The van der Waals surface area contributed by atoms with Crippen molar-refractivity contribution in [2.24, 2.45) is 5.73 Å². The number of likely N-dealkylation sites (tertiary alicyclic amines) is 1. The number of aliphatic carboxylic acids is 1. The van der Waals surface area contributed by atoms with Gasteiger partial charge in [0.25, 0.3) is 5.91 Å². The molecule has 2 aliphatic heterocycles. The molecular weight excluding hydrogens is 734 g/mol. The van der Waals surface area contributed by atoms with Crippen LogP contribution in [0.1, 0.15) is 54.4 Å². The van der Waals surface area contributed by atoms with Crippen LogP contribution in [0.5, 0.6) is 5.75 Å². The number of fused-ring (bicyclic) bond motifs is 1. The van der Waals surface area contributed by atoms with Crippen LogP contribution < -0.4 is 10.5 Å². The first kappa shape index (κ1) is 39.8. The van der Waals surface area contributed by atoms with Gasteiger partial charge in [0.15, 0.2) is 0 Å². The van der Waals surface area contributed by atoms with Crippen LogP contribution in [0.3, 0.4) is 0 Å². The lowest BCUT2D eigenvalue weighted by molar-refractivity contribution is -0.192. The van der Waals surface area contributed by atoms with Crippen LogP contribution in [0.4, 0.5) is 26.3 Å². The van der Waals surface area contributed by atoms with E-state index in [1.165, 1.54) is 11.0 Å². The maximum atomic E-state index is 14.2. The Morgan fingerprint density at radius 2 is 1.36 bits per heavy atom. The largest absolute Gasteiger partial charge is 0.490 e. The molecule has 0 bridgehead atoms. The molecular formula is C35H38F6N4O7S. The molecule has 3 fully saturated rings. The first-order valence-electron chi connectivity index (χ1n) is 16.9. The molecule has 1 saturated carbocycles. The molecule has 11 nitrogen and oxygen atoms in total. The van der Waals surface area contributed by atoms with Gasteiger partial charge in [-0.1, -0.05) is 12.1 Å². The zero-order chi connectivity index (χ0) is 38.7. The number of carbonyl (C=O) groups is 3. The average Bonchev–Trinajstić information content (AvgIpc) is 3.63. The van der Waals surface area contributed by atoms with E-state index >= 15 is 0 Å². The highest BCUT2D eigenvalue weighted by Gasteiger charge is 2.44. The van der Waals surface area contributed by atoms with Crippen LogP contribution in [0, 0.1) is 0 Å². The van der Waals surface area contributed by atoms with Gasteiger partial charge in [-0.25, -0.2) is 13.2 Å². The summed E-state index contributed by atoms with van der Waals surface area (Å²) in [4.78, 5) is 39.1. The molecule has 53 heavy (non-hydrogen) atoms. The lowest BCUT2D eigenvalue weighted by Gasteiger charge is -2.42. The van der Waals surface area contributed by atoms with Crippen LogP contribution in [-0.2, 0) is 25.8 Å². The number of piperazine rings is 1. The monoisotopic (exact) mass is 772 g/mol. The van der Waals surface area contributed by atoms with Crippen LogP contribution in [-0.4, -0.2) is 103 Å². The number of benzene rings is 3. The number of halogens is 6. The molecule has 3 aromatic rings. The van der Waals surface area contributed by atoms with Crippen molar-refractivity contribution in [2.75, 3.05) is 32.7 Å². The number of alkyl halides is 6. The standard InChI is InChI=1S/C33H37F3N4O5S.C2HF3O2/c34-33(35,36)25-9-5-22(6-10-25)31(41)39-17-18-40(30(21-39)32(42)38-15-13-26(37)14-16-38)46(43,44)29-12-8-23-19-28(11-7-24(23)20-29)45-27-3-1-2-4-27;3-2(4,5)1(6)7/h5-12,19-20,26-27,30H,1-4,13-18,21,37H2;(H,6,7). The molecule has 2 amide bonds. The van der Waals surface area contributed by atoms with Gasteiger partial charge in [0, 0.05) is 44.3 Å². The number of sulfonamides is 1. The van der Waals surface area contributed by atoms with Gasteiger partial charge in [0.2, 0.25) is 15.9 Å². The van der Waals surface area contributed by atoms with Crippen molar-refractivity contribution in [3.05, 3.63) is 71.8 Å². The van der Waals surface area contributed by atoms with E-state index in [0.717, 1.165) is 65.4 Å². The topological polar surface area (TPSA) is 151 Å². The number of hydrogen-bond donors (Lipinski definition) is 2. The minimum atomic E-state index is -5.08. The fourth-order valence-corrected chi connectivity index (χ4v) is 8.12. The molecule has 3 aliphatic rings. The Balaban J connectivity index is 0.000000705. The molecule has 288 valence electrons. The maximum absolute atomic E-state index is 14.2. The van der Waals surface area contributed by atoms with Crippen LogP contribution >= 0.6 is 0 Å². The van der Waals surface area contributed by atoms with Crippen molar-refractivity contribution < 1.29 is 59.0 Å². The van der Waals surface area contributed by atoms with E-state index in [0.29, 0.717) is 31.3 Å². The second kappa shape index (κ2) is 15.9. The molecule has 18 heteroatoms. The maximum Gasteiger partial charge on any atom is 0.490 e. The second-order valence-electron chi connectivity index (χ2n) is 13.1. The first-order chi connectivity index (χ1) is 24.8. The van der Waals surface area contributed by atoms with Crippen molar-refractivity contribution in [1.29, 1.82) is 0 Å². The Bertz CT molecular complexity index is 1910. The third kappa shape index (κ3) is 9.58. The number of carboxylic acids is 1. The summed E-state index contributed by atoms with van der Waals surface area (Å²) in [6, 6.07) is 12.9. The third-order valence-corrected chi connectivity index (χ3v) is 11.4. The normalized spacial score (nSPS) is 19.5. The minimum Gasteiger partial charge on any atom is -0.490 e. The predicted molar refractivity (Wildman–Crippen MR) is 179 cm³/mol. The number of ether oxygens (including phenoxy) is 1. The zero-order valence-electron chi connectivity index (χ0n) is 28.3. The molecule has 0 spiro atoms. The molecule has 1 atom stereocenters. The van der Waals surface area contributed by atoms with Gasteiger partial charge in [-0.15, -0.1) is 0 Å². The highest BCUT2D eigenvalue weighted by Crippen LogP contribution is 2.32. The first-order valence-corrected chi connectivity index (χ1v) is 18.3. The summed E-state index contributed by atoms with van der Waals surface area (Å²) in [5.74, 6) is -3.04. The van der Waals surface area contributed by atoms with Crippen molar-refractivity contribution in [3.63, 3.8) is 0 Å². The van der Waals surface area contributed by atoms with Gasteiger partial charge in [0.05, 0.1) is 16.6 Å². The van der Waals surface area contributed by atoms with Gasteiger partial charge in [-0.3, -0.25) is 9.59 Å². The van der Waals surface area contributed by atoms with Gasteiger partial charge < -0.3 is 25.4 Å². The van der Waals surface area contributed by atoms with Crippen LogP contribution in [0.2, 0.25) is 0 Å². The number of nitrogens with zero attached hydrogens (tertiary/aromatic N) is 3.